The number of likely N-dealkylation sites (N-methyl/N-ethyl adjacent to an activating group) is 2. The van der Waals surface area contributed by atoms with E-state index >= 15 is 0 Å². The molecule has 0 aliphatic heterocycles. The molecule has 0 aliphatic carbocycles. The summed E-state index contributed by atoms with van der Waals surface area (Å²) in [4.78, 5) is 2.33. The maximum atomic E-state index is 12.6. The second-order valence-electron chi connectivity index (χ2n) is 5.45. The van der Waals surface area contributed by atoms with E-state index in [0.29, 0.717) is 18.0 Å². The van der Waals surface area contributed by atoms with Crippen LogP contribution in [0.3, 0.4) is 0 Å². The molecule has 0 bridgehead atoms. The lowest BCUT2D eigenvalue weighted by Gasteiger charge is -2.21. The van der Waals surface area contributed by atoms with Crippen molar-refractivity contribution in [3.8, 4) is 0 Å². The Balaban J connectivity index is 3.00. The highest BCUT2D eigenvalue weighted by Gasteiger charge is 2.21. The molecular weight excluding hydrogens is 286 g/mol. The number of rotatable bonds is 8. The van der Waals surface area contributed by atoms with Crippen LogP contribution in [0, 0.1) is 0 Å². The van der Waals surface area contributed by atoms with Crippen molar-refractivity contribution in [3.63, 3.8) is 0 Å². The molecule has 1 unspecified atom stereocenters. The van der Waals surface area contributed by atoms with E-state index in [1.54, 1.807) is 19.2 Å². The number of nitrogens with zero attached hydrogens (tertiary/aromatic N) is 2. The number of benzene rings is 1. The zero-order valence-electron chi connectivity index (χ0n) is 13.6. The fraction of sp³-hybridized carbons (Fsp3) is 0.600. The van der Waals surface area contributed by atoms with Crippen LogP contribution in [0.25, 0.3) is 0 Å². The Morgan fingerprint density at radius 2 is 1.86 bits per heavy atom. The Bertz CT molecular complexity index is 540. The monoisotopic (exact) mass is 313 g/mol. The zero-order chi connectivity index (χ0) is 16.0. The number of hydrogen-bond donors (Lipinski definition) is 1. The third-order valence-corrected chi connectivity index (χ3v) is 5.44. The van der Waals surface area contributed by atoms with Gasteiger partial charge in [-0.3, -0.25) is 0 Å². The zero-order valence-corrected chi connectivity index (χ0v) is 14.4. The second-order valence-corrected chi connectivity index (χ2v) is 7.50. The third-order valence-electron chi connectivity index (χ3n) is 3.59. The van der Waals surface area contributed by atoms with Gasteiger partial charge in [0.25, 0.3) is 0 Å². The van der Waals surface area contributed by atoms with E-state index in [1.807, 2.05) is 38.2 Å². The van der Waals surface area contributed by atoms with Crippen molar-refractivity contribution >= 4 is 10.0 Å². The molecule has 0 spiro atoms. The minimum atomic E-state index is -3.43. The topological polar surface area (TPSA) is 52.7 Å². The van der Waals surface area contributed by atoms with Gasteiger partial charge in [0.15, 0.2) is 0 Å². The average Bonchev–Trinajstić information content (AvgIpc) is 2.46. The summed E-state index contributed by atoms with van der Waals surface area (Å²) in [5.74, 6) is 0. The molecule has 1 atom stereocenters. The van der Waals surface area contributed by atoms with Crippen LogP contribution in [0.4, 0.5) is 0 Å². The lowest BCUT2D eigenvalue weighted by Crippen LogP contribution is -2.33. The van der Waals surface area contributed by atoms with Gasteiger partial charge in [-0.05, 0) is 45.3 Å². The third kappa shape index (κ3) is 4.78. The fourth-order valence-electron chi connectivity index (χ4n) is 2.14. The van der Waals surface area contributed by atoms with Gasteiger partial charge in [0.05, 0.1) is 4.90 Å². The largest absolute Gasteiger partial charge is 0.313 e. The van der Waals surface area contributed by atoms with Crippen molar-refractivity contribution in [2.24, 2.45) is 0 Å². The Labute approximate surface area is 129 Å². The lowest BCUT2D eigenvalue weighted by molar-refractivity contribution is 0.358. The van der Waals surface area contributed by atoms with E-state index in [0.717, 1.165) is 12.0 Å². The van der Waals surface area contributed by atoms with Crippen molar-refractivity contribution in [1.29, 1.82) is 0 Å². The van der Waals surface area contributed by atoms with Gasteiger partial charge >= 0.3 is 0 Å². The van der Waals surface area contributed by atoms with Gasteiger partial charge in [-0.15, -0.1) is 0 Å². The van der Waals surface area contributed by atoms with Gasteiger partial charge in [-0.2, -0.15) is 4.31 Å². The molecule has 0 saturated carbocycles. The Hall–Kier alpha value is -0.950. The molecule has 1 aromatic carbocycles. The Morgan fingerprint density at radius 3 is 2.38 bits per heavy atom. The SMILES string of the molecule is CCC(NC)c1cccc(S(=O)(=O)N(C)CCN(C)C)c1. The molecule has 1 aromatic rings. The molecule has 0 aliphatic rings. The number of hydrogen-bond acceptors (Lipinski definition) is 4. The van der Waals surface area contributed by atoms with Crippen LogP contribution < -0.4 is 5.32 Å². The van der Waals surface area contributed by atoms with Gasteiger partial charge in [0.2, 0.25) is 10.0 Å². The van der Waals surface area contributed by atoms with Gasteiger partial charge in [0.1, 0.15) is 0 Å². The van der Waals surface area contributed by atoms with Gasteiger partial charge in [-0.1, -0.05) is 19.1 Å². The van der Waals surface area contributed by atoms with E-state index in [1.165, 1.54) is 4.31 Å². The first kappa shape index (κ1) is 18.1. The maximum Gasteiger partial charge on any atom is 0.242 e. The normalized spacial score (nSPS) is 13.9. The molecule has 0 radical (unpaired) electrons. The minimum Gasteiger partial charge on any atom is -0.313 e. The summed E-state index contributed by atoms with van der Waals surface area (Å²) in [6, 6.07) is 7.37. The van der Waals surface area contributed by atoms with Gasteiger partial charge in [0, 0.05) is 26.2 Å². The van der Waals surface area contributed by atoms with E-state index in [-0.39, 0.29) is 6.04 Å². The molecule has 21 heavy (non-hydrogen) atoms. The van der Waals surface area contributed by atoms with E-state index < -0.39 is 10.0 Å². The van der Waals surface area contributed by atoms with Crippen LogP contribution >= 0.6 is 0 Å². The molecule has 0 amide bonds. The molecule has 0 saturated heterocycles. The number of nitrogens with one attached hydrogen (secondary N) is 1. The summed E-state index contributed by atoms with van der Waals surface area (Å²) in [6.07, 6.45) is 0.913. The molecule has 1 rings (SSSR count). The maximum absolute atomic E-state index is 12.6. The predicted octanol–water partition coefficient (Wildman–Crippen LogP) is 1.54. The summed E-state index contributed by atoms with van der Waals surface area (Å²) in [6.45, 7) is 3.25. The summed E-state index contributed by atoms with van der Waals surface area (Å²) < 4.78 is 26.6. The second kappa shape index (κ2) is 7.89. The summed E-state index contributed by atoms with van der Waals surface area (Å²) in [7, 11) is 3.95. The molecule has 0 fully saturated rings. The highest BCUT2D eigenvalue weighted by atomic mass is 32.2. The van der Waals surface area contributed by atoms with E-state index in [9.17, 15) is 8.42 Å². The molecule has 0 aromatic heterocycles. The van der Waals surface area contributed by atoms with Crippen molar-refractivity contribution in [2.75, 3.05) is 41.3 Å². The highest BCUT2D eigenvalue weighted by Crippen LogP contribution is 2.21. The van der Waals surface area contributed by atoms with E-state index in [2.05, 4.69) is 12.2 Å². The lowest BCUT2D eigenvalue weighted by atomic mass is 10.1. The molecule has 5 nitrogen and oxygen atoms in total. The fourth-order valence-corrected chi connectivity index (χ4v) is 3.36. The average molecular weight is 313 g/mol. The first-order valence-electron chi connectivity index (χ1n) is 7.21. The first-order valence-corrected chi connectivity index (χ1v) is 8.65. The molecule has 120 valence electrons. The van der Waals surface area contributed by atoms with Crippen molar-refractivity contribution in [2.45, 2.75) is 24.3 Å². The van der Waals surface area contributed by atoms with E-state index in [4.69, 9.17) is 0 Å². The Kier molecular flexibility index (Phi) is 6.80. The molecule has 0 heterocycles. The van der Waals surface area contributed by atoms with Crippen LogP contribution in [0.2, 0.25) is 0 Å². The van der Waals surface area contributed by atoms with Crippen molar-refractivity contribution < 1.29 is 8.42 Å². The first-order chi connectivity index (χ1) is 9.82. The van der Waals surface area contributed by atoms with Crippen LogP contribution in [-0.4, -0.2) is 58.9 Å². The van der Waals surface area contributed by atoms with Crippen LogP contribution in [0.5, 0.6) is 0 Å². The van der Waals surface area contributed by atoms with Crippen molar-refractivity contribution in [1.82, 2.24) is 14.5 Å². The summed E-state index contributed by atoms with van der Waals surface area (Å²) >= 11 is 0. The predicted molar refractivity (Wildman–Crippen MR) is 86.9 cm³/mol. The van der Waals surface area contributed by atoms with Crippen molar-refractivity contribution in [3.05, 3.63) is 29.8 Å². The van der Waals surface area contributed by atoms with Crippen LogP contribution in [0.15, 0.2) is 29.2 Å². The highest BCUT2D eigenvalue weighted by molar-refractivity contribution is 7.89. The standard InChI is InChI=1S/C15H27N3O2S/c1-6-15(16-2)13-8-7-9-14(12-13)21(19,20)18(5)11-10-17(3)4/h7-9,12,15-16H,6,10-11H2,1-5H3. The smallest absolute Gasteiger partial charge is 0.242 e. The molecular formula is C15H27N3O2S. The summed E-state index contributed by atoms with van der Waals surface area (Å²) in [5.41, 5.74) is 1.00. The van der Waals surface area contributed by atoms with Crippen LogP contribution in [-0.2, 0) is 10.0 Å². The molecule has 6 heteroatoms. The quantitative estimate of drug-likeness (QED) is 0.791. The van der Waals surface area contributed by atoms with Gasteiger partial charge < -0.3 is 10.2 Å². The van der Waals surface area contributed by atoms with Crippen LogP contribution in [0.1, 0.15) is 24.9 Å². The minimum absolute atomic E-state index is 0.173. The Morgan fingerprint density at radius 1 is 1.19 bits per heavy atom. The molecule has 1 N–H and O–H groups in total. The summed E-state index contributed by atoms with van der Waals surface area (Å²) in [5, 5.41) is 3.20. The number of sulfonamides is 1. The van der Waals surface area contributed by atoms with Gasteiger partial charge in [-0.25, -0.2) is 8.42 Å².